The van der Waals surface area contributed by atoms with Gasteiger partial charge in [0.2, 0.25) is 0 Å². The van der Waals surface area contributed by atoms with Crippen molar-refractivity contribution in [2.75, 3.05) is 20.3 Å². The molecule has 140 valence electrons. The van der Waals surface area contributed by atoms with Crippen LogP contribution in [0.2, 0.25) is 0 Å². The molecule has 0 N–H and O–H groups in total. The molecule has 0 radical (unpaired) electrons. The highest BCUT2D eigenvalue weighted by Gasteiger charge is 2.20. The highest BCUT2D eigenvalue weighted by atomic mass is 19.1. The van der Waals surface area contributed by atoms with Crippen LogP contribution in [0.3, 0.4) is 0 Å². The van der Waals surface area contributed by atoms with Gasteiger partial charge in [0.25, 0.3) is 5.91 Å². The van der Waals surface area contributed by atoms with E-state index in [0.717, 1.165) is 12.0 Å². The molecular weight excluding hydrogens is 349 g/mol. The van der Waals surface area contributed by atoms with Crippen LogP contribution < -0.4 is 4.74 Å². The number of hydrogen-bond donors (Lipinski definition) is 0. The maximum atomic E-state index is 13.2. The summed E-state index contributed by atoms with van der Waals surface area (Å²) in [4.78, 5) is 17.2. The zero-order valence-corrected chi connectivity index (χ0v) is 15.2. The van der Waals surface area contributed by atoms with E-state index in [1.807, 2.05) is 24.3 Å². The smallest absolute Gasteiger partial charge is 0.336 e. The summed E-state index contributed by atoms with van der Waals surface area (Å²) in [5.41, 5.74) is 2.21. The molecular formula is C20H20FN3O3. The van der Waals surface area contributed by atoms with Gasteiger partial charge in [-0.15, -0.1) is 5.10 Å². The van der Waals surface area contributed by atoms with Gasteiger partial charge in [-0.05, 0) is 36.2 Å². The van der Waals surface area contributed by atoms with E-state index < -0.39 is 11.7 Å². The van der Waals surface area contributed by atoms with E-state index in [9.17, 15) is 9.18 Å². The van der Waals surface area contributed by atoms with Crippen molar-refractivity contribution in [1.82, 2.24) is 14.8 Å². The highest BCUT2D eigenvalue weighted by Crippen LogP contribution is 2.22. The molecule has 0 saturated carbocycles. The van der Waals surface area contributed by atoms with Crippen LogP contribution in [0.5, 0.6) is 6.01 Å². The second-order valence-corrected chi connectivity index (χ2v) is 5.83. The average molecular weight is 369 g/mol. The molecule has 6 nitrogen and oxygen atoms in total. The molecule has 0 unspecified atom stereocenters. The van der Waals surface area contributed by atoms with Gasteiger partial charge in [0.1, 0.15) is 12.4 Å². The van der Waals surface area contributed by atoms with Crippen LogP contribution in [-0.4, -0.2) is 41.0 Å². The Morgan fingerprint density at radius 1 is 1.07 bits per heavy atom. The quantitative estimate of drug-likeness (QED) is 0.598. The number of nitrogens with zero attached hydrogens (tertiary/aromatic N) is 3. The number of methoxy groups -OCH3 is 1. The van der Waals surface area contributed by atoms with Crippen LogP contribution in [0.15, 0.2) is 48.5 Å². The minimum Gasteiger partial charge on any atom is -0.460 e. The molecule has 1 aromatic heterocycles. The lowest BCUT2D eigenvalue weighted by Crippen LogP contribution is -2.15. The standard InChI is InChI=1S/C20H20FN3O3/c1-3-14-4-6-15(7-5-14)18-22-20(27-13-12-26-2)23-24(18)19(25)16-8-10-17(21)11-9-16/h4-11H,3,12-13H2,1-2H3. The fourth-order valence-corrected chi connectivity index (χ4v) is 2.50. The second kappa shape index (κ2) is 8.55. The van der Waals surface area contributed by atoms with Crippen molar-refractivity contribution in [3.63, 3.8) is 0 Å². The molecule has 7 heteroatoms. The Balaban J connectivity index is 1.98. The van der Waals surface area contributed by atoms with E-state index in [1.54, 1.807) is 7.11 Å². The minimum atomic E-state index is -0.418. The Morgan fingerprint density at radius 3 is 2.41 bits per heavy atom. The van der Waals surface area contributed by atoms with E-state index in [-0.39, 0.29) is 12.6 Å². The summed E-state index contributed by atoms with van der Waals surface area (Å²) in [5.74, 6) is -0.470. The number of aryl methyl sites for hydroxylation is 1. The Kier molecular flexibility index (Phi) is 5.93. The van der Waals surface area contributed by atoms with Crippen molar-refractivity contribution in [3.05, 3.63) is 65.5 Å². The van der Waals surface area contributed by atoms with Gasteiger partial charge < -0.3 is 9.47 Å². The summed E-state index contributed by atoms with van der Waals surface area (Å²) in [7, 11) is 1.56. The Bertz CT molecular complexity index is 905. The van der Waals surface area contributed by atoms with Crippen molar-refractivity contribution in [3.8, 4) is 17.4 Å². The topological polar surface area (TPSA) is 66.2 Å². The highest BCUT2D eigenvalue weighted by molar-refractivity contribution is 5.97. The molecule has 0 aliphatic carbocycles. The van der Waals surface area contributed by atoms with Gasteiger partial charge >= 0.3 is 6.01 Å². The fourth-order valence-electron chi connectivity index (χ4n) is 2.50. The molecule has 0 amide bonds. The van der Waals surface area contributed by atoms with Crippen molar-refractivity contribution in [2.45, 2.75) is 13.3 Å². The minimum absolute atomic E-state index is 0.0806. The van der Waals surface area contributed by atoms with Crippen LogP contribution in [0, 0.1) is 5.82 Å². The van der Waals surface area contributed by atoms with Crippen molar-refractivity contribution in [1.29, 1.82) is 0 Å². The maximum Gasteiger partial charge on any atom is 0.336 e. The first-order valence-corrected chi connectivity index (χ1v) is 8.60. The third-order valence-electron chi connectivity index (χ3n) is 4.01. The van der Waals surface area contributed by atoms with Gasteiger partial charge in [-0.25, -0.2) is 4.39 Å². The summed E-state index contributed by atoms with van der Waals surface area (Å²) in [6.07, 6.45) is 0.910. The summed E-state index contributed by atoms with van der Waals surface area (Å²) < 4.78 is 24.8. The number of benzene rings is 2. The van der Waals surface area contributed by atoms with E-state index in [4.69, 9.17) is 9.47 Å². The molecule has 0 bridgehead atoms. The van der Waals surface area contributed by atoms with Crippen LogP contribution >= 0.6 is 0 Å². The second-order valence-electron chi connectivity index (χ2n) is 5.83. The van der Waals surface area contributed by atoms with Crippen LogP contribution in [0.1, 0.15) is 22.8 Å². The maximum absolute atomic E-state index is 13.2. The van der Waals surface area contributed by atoms with Crippen LogP contribution in [0.4, 0.5) is 4.39 Å². The molecule has 3 rings (SSSR count). The van der Waals surface area contributed by atoms with E-state index >= 15 is 0 Å². The molecule has 0 aliphatic heterocycles. The van der Waals surface area contributed by atoms with Gasteiger partial charge in [0.15, 0.2) is 5.82 Å². The lowest BCUT2D eigenvalue weighted by molar-refractivity contribution is 0.0943. The average Bonchev–Trinajstić information content (AvgIpc) is 3.12. The third kappa shape index (κ3) is 4.38. The molecule has 0 atom stereocenters. The van der Waals surface area contributed by atoms with Gasteiger partial charge in [-0.3, -0.25) is 4.79 Å². The van der Waals surface area contributed by atoms with E-state index in [0.29, 0.717) is 18.0 Å². The number of halogens is 1. The third-order valence-corrected chi connectivity index (χ3v) is 4.01. The number of aromatic nitrogens is 3. The zero-order valence-electron chi connectivity index (χ0n) is 15.2. The molecule has 0 fully saturated rings. The van der Waals surface area contributed by atoms with E-state index in [2.05, 4.69) is 17.0 Å². The van der Waals surface area contributed by atoms with E-state index in [1.165, 1.54) is 34.5 Å². The monoisotopic (exact) mass is 369 g/mol. The number of carbonyl (C=O) groups is 1. The molecule has 0 spiro atoms. The predicted molar refractivity (Wildman–Crippen MR) is 98.3 cm³/mol. The molecule has 3 aromatic rings. The van der Waals surface area contributed by atoms with Crippen LogP contribution in [0.25, 0.3) is 11.4 Å². The number of hydrogen-bond acceptors (Lipinski definition) is 5. The SMILES string of the molecule is CCc1ccc(-c2nc(OCCOC)nn2C(=O)c2ccc(F)cc2)cc1. The number of rotatable bonds is 7. The Hall–Kier alpha value is -3.06. The first-order valence-electron chi connectivity index (χ1n) is 8.60. The lowest BCUT2D eigenvalue weighted by Gasteiger charge is -2.05. The van der Waals surface area contributed by atoms with Crippen LogP contribution in [-0.2, 0) is 11.2 Å². The molecule has 0 saturated heterocycles. The summed E-state index contributed by atoms with van der Waals surface area (Å²) in [6, 6.07) is 13.1. The van der Waals surface area contributed by atoms with Gasteiger partial charge in [-0.2, -0.15) is 9.67 Å². The zero-order chi connectivity index (χ0) is 19.2. The van der Waals surface area contributed by atoms with Crippen molar-refractivity contribution in [2.24, 2.45) is 0 Å². The Morgan fingerprint density at radius 2 is 1.78 bits per heavy atom. The summed E-state index contributed by atoms with van der Waals surface area (Å²) >= 11 is 0. The molecule has 1 heterocycles. The number of ether oxygens (including phenoxy) is 2. The Labute approximate surface area is 156 Å². The molecule has 2 aromatic carbocycles. The first-order chi connectivity index (χ1) is 13.1. The summed E-state index contributed by atoms with van der Waals surface area (Å²) in [6.45, 7) is 2.71. The largest absolute Gasteiger partial charge is 0.460 e. The normalized spacial score (nSPS) is 10.8. The van der Waals surface area contributed by atoms with Gasteiger partial charge in [-0.1, -0.05) is 31.2 Å². The predicted octanol–water partition coefficient (Wildman–Crippen LogP) is 3.36. The summed E-state index contributed by atoms with van der Waals surface area (Å²) in [5, 5.41) is 4.18. The fraction of sp³-hybridized carbons (Fsp3) is 0.250. The van der Waals surface area contributed by atoms with Crippen molar-refractivity contribution < 1.29 is 18.7 Å². The van der Waals surface area contributed by atoms with Gasteiger partial charge in [0.05, 0.1) is 6.61 Å². The molecule has 27 heavy (non-hydrogen) atoms. The molecule has 0 aliphatic rings. The van der Waals surface area contributed by atoms with Crippen molar-refractivity contribution >= 4 is 5.91 Å². The number of carbonyl (C=O) groups excluding carboxylic acids is 1. The lowest BCUT2D eigenvalue weighted by atomic mass is 10.1. The first kappa shape index (κ1) is 18.7. The van der Waals surface area contributed by atoms with Gasteiger partial charge in [0, 0.05) is 18.2 Å².